The Hall–Kier alpha value is -1.56. The second-order valence-corrected chi connectivity index (χ2v) is 4.09. The quantitative estimate of drug-likeness (QED) is 0.581. The van der Waals surface area contributed by atoms with Gasteiger partial charge in [-0.05, 0) is 20.8 Å². The number of alkyl carbamates (subject to hydrolysis) is 1. The number of ether oxygens (including phenoxy) is 1. The number of nitrogens with zero attached hydrogens (tertiary/aromatic N) is 1. The molecule has 0 saturated carbocycles. The van der Waals surface area contributed by atoms with Gasteiger partial charge in [-0.2, -0.15) is 0 Å². The van der Waals surface area contributed by atoms with E-state index >= 15 is 0 Å². The van der Waals surface area contributed by atoms with Crippen LogP contribution < -0.4 is 5.32 Å². The van der Waals surface area contributed by atoms with E-state index in [1.807, 2.05) is 0 Å². The van der Waals surface area contributed by atoms with Gasteiger partial charge in [0.15, 0.2) is 0 Å². The molecular weight excluding hydrogens is 212 g/mol. The molecule has 16 heavy (non-hydrogen) atoms. The van der Waals surface area contributed by atoms with Crippen LogP contribution >= 0.6 is 0 Å². The summed E-state index contributed by atoms with van der Waals surface area (Å²) in [7, 11) is 2.74. The number of nitrogens with one attached hydrogen (secondary N) is 1. The summed E-state index contributed by atoms with van der Waals surface area (Å²) in [5, 5.41) is 3.17. The minimum absolute atomic E-state index is 0.112. The molecule has 1 N–H and O–H groups in total. The van der Waals surface area contributed by atoms with Crippen molar-refractivity contribution in [2.75, 3.05) is 14.2 Å². The Balaban J connectivity index is 4.26. The van der Waals surface area contributed by atoms with Gasteiger partial charge in [0, 0.05) is 7.05 Å². The number of hydrogen-bond donors (Lipinski definition) is 1. The van der Waals surface area contributed by atoms with Crippen LogP contribution in [0.25, 0.3) is 0 Å². The van der Waals surface area contributed by atoms with Crippen LogP contribution in [0.15, 0.2) is 12.3 Å². The minimum atomic E-state index is -0.727. The van der Waals surface area contributed by atoms with Crippen LogP contribution in [0, 0.1) is 0 Å². The van der Waals surface area contributed by atoms with E-state index in [-0.39, 0.29) is 5.70 Å². The van der Waals surface area contributed by atoms with Crippen molar-refractivity contribution in [3.05, 3.63) is 12.3 Å². The lowest BCUT2D eigenvalue weighted by Crippen LogP contribution is -2.38. The second-order valence-electron chi connectivity index (χ2n) is 4.09. The van der Waals surface area contributed by atoms with Gasteiger partial charge < -0.3 is 4.74 Å². The zero-order valence-corrected chi connectivity index (χ0v) is 10.3. The number of hydroxylamine groups is 2. The Morgan fingerprint density at radius 2 is 1.81 bits per heavy atom. The molecule has 2 amide bonds. The molecule has 0 aromatic rings. The van der Waals surface area contributed by atoms with E-state index in [2.05, 4.69) is 16.7 Å². The maximum absolute atomic E-state index is 11.4. The Labute approximate surface area is 95.1 Å². The van der Waals surface area contributed by atoms with Crippen molar-refractivity contribution in [3.63, 3.8) is 0 Å². The lowest BCUT2D eigenvalue weighted by atomic mass is 10.2. The molecule has 0 spiro atoms. The molecule has 0 bridgehead atoms. The number of carbonyl (C=O) groups is 2. The smallest absolute Gasteiger partial charge is 0.412 e. The molecule has 0 aliphatic rings. The Morgan fingerprint density at radius 3 is 2.19 bits per heavy atom. The van der Waals surface area contributed by atoms with Crippen LogP contribution in [0.5, 0.6) is 0 Å². The number of hydrogen-bond acceptors (Lipinski definition) is 4. The van der Waals surface area contributed by atoms with Gasteiger partial charge in [-0.15, -0.1) is 0 Å². The van der Waals surface area contributed by atoms with Crippen LogP contribution in [0.2, 0.25) is 0 Å². The van der Waals surface area contributed by atoms with Crippen molar-refractivity contribution in [3.8, 4) is 0 Å². The summed E-state index contributed by atoms with van der Waals surface area (Å²) in [4.78, 5) is 27.3. The van der Waals surface area contributed by atoms with Crippen molar-refractivity contribution in [2.45, 2.75) is 26.4 Å². The van der Waals surface area contributed by atoms with Crippen LogP contribution in [-0.2, 0) is 14.4 Å². The molecular formula is C10H18N2O4. The second kappa shape index (κ2) is 5.50. The standard InChI is InChI=1S/C10H18N2O4/c1-7(8(13)12(5)15-6)11-9(14)16-10(2,3)4/h1H2,2-6H3,(H,11,14). The molecule has 6 heteroatoms. The van der Waals surface area contributed by atoms with E-state index in [0.29, 0.717) is 0 Å². The van der Waals surface area contributed by atoms with Gasteiger partial charge in [0.25, 0.3) is 5.91 Å². The fraction of sp³-hybridized carbons (Fsp3) is 0.600. The first-order chi connectivity index (χ1) is 7.17. The van der Waals surface area contributed by atoms with Gasteiger partial charge >= 0.3 is 6.09 Å². The highest BCUT2D eigenvalue weighted by atomic mass is 16.7. The third-order valence-electron chi connectivity index (χ3n) is 1.47. The van der Waals surface area contributed by atoms with E-state index in [4.69, 9.17) is 4.74 Å². The highest BCUT2D eigenvalue weighted by Crippen LogP contribution is 2.07. The van der Waals surface area contributed by atoms with E-state index < -0.39 is 17.6 Å². The van der Waals surface area contributed by atoms with Crippen molar-refractivity contribution in [2.24, 2.45) is 0 Å². The topological polar surface area (TPSA) is 67.9 Å². The molecule has 0 aliphatic heterocycles. The van der Waals surface area contributed by atoms with Crippen LogP contribution in [0.1, 0.15) is 20.8 Å². The summed E-state index contributed by atoms with van der Waals surface area (Å²) >= 11 is 0. The number of carbonyl (C=O) groups excluding carboxylic acids is 2. The van der Waals surface area contributed by atoms with Crippen molar-refractivity contribution in [1.82, 2.24) is 10.4 Å². The van der Waals surface area contributed by atoms with Gasteiger partial charge in [0.05, 0.1) is 7.11 Å². The molecule has 0 atom stereocenters. The maximum Gasteiger partial charge on any atom is 0.412 e. The van der Waals surface area contributed by atoms with Crippen molar-refractivity contribution >= 4 is 12.0 Å². The summed E-state index contributed by atoms with van der Waals surface area (Å²) in [6.45, 7) is 8.57. The first kappa shape index (κ1) is 14.4. The van der Waals surface area contributed by atoms with Crippen LogP contribution in [0.4, 0.5) is 4.79 Å². The molecule has 0 heterocycles. The third kappa shape index (κ3) is 5.35. The Kier molecular flexibility index (Phi) is 4.97. The zero-order chi connectivity index (χ0) is 12.9. The maximum atomic E-state index is 11.4. The monoisotopic (exact) mass is 230 g/mol. The van der Waals surface area contributed by atoms with Crippen LogP contribution in [-0.4, -0.2) is 36.8 Å². The zero-order valence-electron chi connectivity index (χ0n) is 10.3. The molecule has 0 saturated heterocycles. The highest BCUT2D eigenvalue weighted by Gasteiger charge is 2.20. The molecule has 0 radical (unpaired) electrons. The van der Waals surface area contributed by atoms with E-state index in [0.717, 1.165) is 5.06 Å². The Bertz CT molecular complexity index is 294. The average Bonchev–Trinajstić information content (AvgIpc) is 2.12. The number of likely N-dealkylation sites (N-methyl/N-ethyl adjacent to an activating group) is 1. The van der Waals surface area contributed by atoms with Crippen molar-refractivity contribution < 1.29 is 19.2 Å². The lowest BCUT2D eigenvalue weighted by molar-refractivity contribution is -0.164. The predicted octanol–water partition coefficient (Wildman–Crippen LogP) is 1.04. The lowest BCUT2D eigenvalue weighted by Gasteiger charge is -2.21. The largest absolute Gasteiger partial charge is 0.444 e. The van der Waals surface area contributed by atoms with Gasteiger partial charge in [-0.3, -0.25) is 14.9 Å². The van der Waals surface area contributed by atoms with Crippen molar-refractivity contribution in [1.29, 1.82) is 0 Å². The molecule has 0 fully saturated rings. The average molecular weight is 230 g/mol. The molecule has 0 unspecified atom stereocenters. The summed E-state index contributed by atoms with van der Waals surface area (Å²) in [6.07, 6.45) is -0.727. The molecule has 6 nitrogen and oxygen atoms in total. The molecule has 0 aliphatic carbocycles. The van der Waals surface area contributed by atoms with Gasteiger partial charge in [0.1, 0.15) is 11.3 Å². The molecule has 0 rings (SSSR count). The van der Waals surface area contributed by atoms with E-state index in [1.165, 1.54) is 14.2 Å². The third-order valence-corrected chi connectivity index (χ3v) is 1.47. The number of amides is 2. The Morgan fingerprint density at radius 1 is 1.31 bits per heavy atom. The summed E-state index contributed by atoms with van der Waals surface area (Å²) in [5.74, 6) is -0.548. The first-order valence-corrected chi connectivity index (χ1v) is 4.68. The summed E-state index contributed by atoms with van der Waals surface area (Å²) in [6, 6.07) is 0. The fourth-order valence-corrected chi connectivity index (χ4v) is 0.753. The predicted molar refractivity (Wildman–Crippen MR) is 58.3 cm³/mol. The minimum Gasteiger partial charge on any atom is -0.444 e. The highest BCUT2D eigenvalue weighted by molar-refractivity contribution is 5.94. The summed E-state index contributed by atoms with van der Waals surface area (Å²) < 4.78 is 4.95. The molecule has 0 aromatic carbocycles. The van der Waals surface area contributed by atoms with Gasteiger partial charge in [0.2, 0.25) is 0 Å². The van der Waals surface area contributed by atoms with Gasteiger partial charge in [-0.25, -0.2) is 9.86 Å². The van der Waals surface area contributed by atoms with Crippen LogP contribution in [0.3, 0.4) is 0 Å². The number of rotatable bonds is 3. The first-order valence-electron chi connectivity index (χ1n) is 4.68. The molecule has 0 aromatic heterocycles. The fourth-order valence-electron chi connectivity index (χ4n) is 0.753. The summed E-state index contributed by atoms with van der Waals surface area (Å²) in [5.41, 5.74) is -0.737. The van der Waals surface area contributed by atoms with E-state index in [1.54, 1.807) is 20.8 Å². The SMILES string of the molecule is C=C(NC(=O)OC(C)(C)C)C(=O)N(C)OC. The normalized spacial score (nSPS) is 10.6. The van der Waals surface area contributed by atoms with E-state index in [9.17, 15) is 9.59 Å². The molecule has 92 valence electrons. The van der Waals surface area contributed by atoms with Gasteiger partial charge in [-0.1, -0.05) is 6.58 Å².